The lowest BCUT2D eigenvalue weighted by molar-refractivity contribution is -0.141. The van der Waals surface area contributed by atoms with Crippen LogP contribution in [0.1, 0.15) is 13.8 Å². The van der Waals surface area contributed by atoms with Gasteiger partial charge in [-0.15, -0.1) is 6.58 Å². The highest BCUT2D eigenvalue weighted by Crippen LogP contribution is 2.21. The second-order valence-electron chi connectivity index (χ2n) is 3.09. The Kier molecular flexibility index (Phi) is 3.26. The molecule has 3 nitrogen and oxygen atoms in total. The van der Waals surface area contributed by atoms with E-state index >= 15 is 0 Å². The van der Waals surface area contributed by atoms with Crippen LogP contribution in [0.25, 0.3) is 0 Å². The minimum atomic E-state index is -0.850. The van der Waals surface area contributed by atoms with Gasteiger partial charge < -0.3 is 10.4 Å². The summed E-state index contributed by atoms with van der Waals surface area (Å²) >= 11 is 0. The van der Waals surface area contributed by atoms with Crippen LogP contribution in [0.4, 0.5) is 0 Å². The molecule has 0 aromatic heterocycles. The molecule has 0 heterocycles. The number of hydrogen-bond acceptors (Lipinski definition) is 2. The molecule has 0 fully saturated rings. The van der Waals surface area contributed by atoms with Crippen molar-refractivity contribution in [3.8, 4) is 0 Å². The van der Waals surface area contributed by atoms with E-state index < -0.39 is 17.4 Å². The first-order valence-electron chi connectivity index (χ1n) is 3.49. The zero-order chi connectivity index (χ0) is 9.07. The third-order valence-electron chi connectivity index (χ3n) is 1.81. The van der Waals surface area contributed by atoms with Gasteiger partial charge in [-0.1, -0.05) is 19.9 Å². The fourth-order valence-electron chi connectivity index (χ4n) is 0.932. The van der Waals surface area contributed by atoms with Gasteiger partial charge in [0.05, 0.1) is 0 Å². The summed E-state index contributed by atoms with van der Waals surface area (Å²) in [4.78, 5) is 10.6. The van der Waals surface area contributed by atoms with Gasteiger partial charge in [-0.05, 0) is 7.05 Å². The maximum atomic E-state index is 10.6. The molecule has 1 atom stereocenters. The predicted octanol–water partition coefficient (Wildman–Crippen LogP) is 0.871. The molecule has 11 heavy (non-hydrogen) atoms. The number of hydrogen-bond donors (Lipinski definition) is 2. The van der Waals surface area contributed by atoms with Gasteiger partial charge >= 0.3 is 5.97 Å². The first kappa shape index (κ1) is 10.2. The van der Waals surface area contributed by atoms with Gasteiger partial charge in [0.1, 0.15) is 6.04 Å². The fourth-order valence-corrected chi connectivity index (χ4v) is 0.932. The van der Waals surface area contributed by atoms with Gasteiger partial charge in [-0.25, -0.2) is 0 Å². The summed E-state index contributed by atoms with van der Waals surface area (Å²) in [6.45, 7) is 7.24. The monoisotopic (exact) mass is 157 g/mol. The largest absolute Gasteiger partial charge is 0.480 e. The van der Waals surface area contributed by atoms with Gasteiger partial charge in [0, 0.05) is 5.41 Å². The van der Waals surface area contributed by atoms with Crippen LogP contribution in [0.2, 0.25) is 0 Å². The number of carbonyl (C=O) groups is 1. The Balaban J connectivity index is 4.48. The molecule has 0 spiro atoms. The molecule has 0 aliphatic rings. The summed E-state index contributed by atoms with van der Waals surface area (Å²) < 4.78 is 0. The van der Waals surface area contributed by atoms with Crippen molar-refractivity contribution in [2.75, 3.05) is 7.05 Å². The highest BCUT2D eigenvalue weighted by molar-refractivity contribution is 5.74. The first-order chi connectivity index (χ1) is 4.95. The molecule has 0 bridgehead atoms. The Bertz CT molecular complexity index is 163. The van der Waals surface area contributed by atoms with Crippen LogP contribution in [-0.4, -0.2) is 24.2 Å². The SMILES string of the molecule is C=CC(C)(C)[C@H](NC)C(=O)O. The zero-order valence-corrected chi connectivity index (χ0v) is 7.22. The molecular weight excluding hydrogens is 142 g/mol. The molecule has 0 radical (unpaired) electrons. The summed E-state index contributed by atoms with van der Waals surface area (Å²) in [5, 5.41) is 11.5. The summed E-state index contributed by atoms with van der Waals surface area (Å²) in [5.74, 6) is -0.850. The fraction of sp³-hybridized carbons (Fsp3) is 0.625. The van der Waals surface area contributed by atoms with Crippen molar-refractivity contribution in [2.24, 2.45) is 5.41 Å². The normalized spacial score (nSPS) is 14.1. The second kappa shape index (κ2) is 3.53. The lowest BCUT2D eigenvalue weighted by Crippen LogP contribution is -2.45. The van der Waals surface area contributed by atoms with E-state index in [2.05, 4.69) is 11.9 Å². The van der Waals surface area contributed by atoms with Crippen LogP contribution < -0.4 is 5.32 Å². The van der Waals surface area contributed by atoms with E-state index in [1.165, 1.54) is 0 Å². The maximum Gasteiger partial charge on any atom is 0.321 e. The highest BCUT2D eigenvalue weighted by Gasteiger charge is 2.30. The Morgan fingerprint density at radius 2 is 2.18 bits per heavy atom. The molecule has 0 aromatic rings. The van der Waals surface area contributed by atoms with Crippen LogP contribution in [-0.2, 0) is 4.79 Å². The van der Waals surface area contributed by atoms with Crippen LogP contribution in [0, 0.1) is 5.41 Å². The molecule has 0 amide bonds. The van der Waals surface area contributed by atoms with E-state index in [4.69, 9.17) is 5.11 Å². The first-order valence-corrected chi connectivity index (χ1v) is 3.49. The van der Waals surface area contributed by atoms with Crippen LogP contribution in [0.5, 0.6) is 0 Å². The van der Waals surface area contributed by atoms with Gasteiger partial charge in [0.25, 0.3) is 0 Å². The zero-order valence-electron chi connectivity index (χ0n) is 7.22. The average molecular weight is 157 g/mol. The quantitative estimate of drug-likeness (QED) is 0.595. The minimum absolute atomic E-state index is 0.416. The Morgan fingerprint density at radius 3 is 2.27 bits per heavy atom. The summed E-state index contributed by atoms with van der Waals surface area (Å²) in [5.41, 5.74) is -0.416. The average Bonchev–Trinajstić information content (AvgIpc) is 1.88. The highest BCUT2D eigenvalue weighted by atomic mass is 16.4. The Morgan fingerprint density at radius 1 is 1.73 bits per heavy atom. The van der Waals surface area contributed by atoms with Crippen molar-refractivity contribution in [1.82, 2.24) is 5.32 Å². The number of carboxylic acid groups (broad SMARTS) is 1. The topological polar surface area (TPSA) is 49.3 Å². The van der Waals surface area contributed by atoms with E-state index in [1.807, 2.05) is 13.8 Å². The van der Waals surface area contributed by atoms with Gasteiger partial charge in [0.2, 0.25) is 0 Å². The molecule has 0 aliphatic heterocycles. The molecule has 0 saturated heterocycles. The van der Waals surface area contributed by atoms with Crippen molar-refractivity contribution >= 4 is 5.97 Å². The summed E-state index contributed by atoms with van der Waals surface area (Å²) in [6, 6.07) is -0.569. The summed E-state index contributed by atoms with van der Waals surface area (Å²) in [7, 11) is 1.63. The molecule has 64 valence electrons. The van der Waals surface area contributed by atoms with E-state index in [-0.39, 0.29) is 0 Å². The van der Waals surface area contributed by atoms with Crippen molar-refractivity contribution in [1.29, 1.82) is 0 Å². The lowest BCUT2D eigenvalue weighted by atomic mass is 9.85. The van der Waals surface area contributed by atoms with E-state index in [0.29, 0.717) is 0 Å². The van der Waals surface area contributed by atoms with Crippen LogP contribution >= 0.6 is 0 Å². The van der Waals surface area contributed by atoms with Crippen LogP contribution in [0.3, 0.4) is 0 Å². The van der Waals surface area contributed by atoms with Gasteiger partial charge in [0.15, 0.2) is 0 Å². The number of likely N-dealkylation sites (N-methyl/N-ethyl adjacent to an activating group) is 1. The number of rotatable bonds is 4. The Hall–Kier alpha value is -0.830. The molecular formula is C8H15NO2. The molecule has 0 saturated carbocycles. The van der Waals surface area contributed by atoms with Gasteiger partial charge in [-0.2, -0.15) is 0 Å². The maximum absolute atomic E-state index is 10.6. The van der Waals surface area contributed by atoms with Crippen molar-refractivity contribution in [3.05, 3.63) is 12.7 Å². The molecule has 0 aliphatic carbocycles. The minimum Gasteiger partial charge on any atom is -0.480 e. The van der Waals surface area contributed by atoms with E-state index in [1.54, 1.807) is 13.1 Å². The lowest BCUT2D eigenvalue weighted by Gasteiger charge is -2.27. The van der Waals surface area contributed by atoms with Crippen molar-refractivity contribution in [2.45, 2.75) is 19.9 Å². The third-order valence-corrected chi connectivity index (χ3v) is 1.81. The molecule has 0 aromatic carbocycles. The Labute approximate surface area is 67.1 Å². The number of aliphatic carboxylic acids is 1. The molecule has 0 rings (SSSR count). The smallest absolute Gasteiger partial charge is 0.321 e. The summed E-state index contributed by atoms with van der Waals surface area (Å²) in [6.07, 6.45) is 1.64. The molecule has 3 heteroatoms. The predicted molar refractivity (Wildman–Crippen MR) is 44.5 cm³/mol. The number of carboxylic acids is 1. The van der Waals surface area contributed by atoms with Crippen molar-refractivity contribution in [3.63, 3.8) is 0 Å². The van der Waals surface area contributed by atoms with E-state index in [9.17, 15) is 4.79 Å². The molecule has 0 unspecified atom stereocenters. The van der Waals surface area contributed by atoms with Crippen LogP contribution in [0.15, 0.2) is 12.7 Å². The standard InChI is InChI=1S/C8H15NO2/c1-5-8(2,3)6(9-4)7(10)11/h5-6,9H,1H2,2-4H3,(H,10,11)/t6-/m1/s1. The van der Waals surface area contributed by atoms with Crippen molar-refractivity contribution < 1.29 is 9.90 Å². The van der Waals surface area contributed by atoms with E-state index in [0.717, 1.165) is 0 Å². The number of nitrogens with one attached hydrogen (secondary N) is 1. The second-order valence-corrected chi connectivity index (χ2v) is 3.09. The third kappa shape index (κ3) is 2.35. The van der Waals surface area contributed by atoms with Gasteiger partial charge in [-0.3, -0.25) is 4.79 Å². The molecule has 2 N–H and O–H groups in total.